The van der Waals surface area contributed by atoms with Crippen LogP contribution in [0.4, 0.5) is 4.79 Å². The molecular weight excluding hydrogens is 416 g/mol. The maximum Gasteiger partial charge on any atom is 0.317 e. The van der Waals surface area contributed by atoms with Crippen LogP contribution >= 0.6 is 0 Å². The first-order valence-corrected chi connectivity index (χ1v) is 12.6. The number of carbonyl (C=O) groups excluding carboxylic acids is 2. The van der Waals surface area contributed by atoms with Crippen molar-refractivity contribution in [1.29, 1.82) is 0 Å². The second-order valence-electron chi connectivity index (χ2n) is 11.5. The van der Waals surface area contributed by atoms with Crippen LogP contribution in [0.3, 0.4) is 0 Å². The molecule has 190 valence electrons. The van der Waals surface area contributed by atoms with E-state index in [1.165, 1.54) is 0 Å². The maximum absolute atomic E-state index is 12.5. The van der Waals surface area contributed by atoms with Gasteiger partial charge in [0.2, 0.25) is 5.91 Å². The standard InChI is InChI=1S/C25H48N6O2/c1-8-19(2)28-21(17-30-14-10-9-12-22(30)32)25(6,7)18-27-29-20(24(3,4)5)16-31-15-11-13-26-23(31)33/h8,19-21,27-29H,1,9-18H2,2-7H3,(H,26,33)/t19?,20-,21-/m1/s1. The largest absolute Gasteiger partial charge is 0.341 e. The highest BCUT2D eigenvalue weighted by Crippen LogP contribution is 2.24. The lowest BCUT2D eigenvalue weighted by Crippen LogP contribution is -2.61. The van der Waals surface area contributed by atoms with E-state index in [9.17, 15) is 9.59 Å². The Morgan fingerprint density at radius 2 is 1.70 bits per heavy atom. The molecule has 0 radical (unpaired) electrons. The fraction of sp³-hybridized carbons (Fsp3) is 0.840. The number of piperidine rings is 1. The van der Waals surface area contributed by atoms with Crippen LogP contribution in [0.2, 0.25) is 0 Å². The van der Waals surface area contributed by atoms with Crippen molar-refractivity contribution in [3.05, 3.63) is 12.7 Å². The average Bonchev–Trinajstić information content (AvgIpc) is 2.74. The molecule has 0 saturated carbocycles. The van der Waals surface area contributed by atoms with Gasteiger partial charge in [-0.05, 0) is 37.0 Å². The van der Waals surface area contributed by atoms with Crippen LogP contribution in [0.5, 0.6) is 0 Å². The number of amides is 3. The van der Waals surface area contributed by atoms with E-state index in [1.54, 1.807) is 0 Å². The fourth-order valence-corrected chi connectivity index (χ4v) is 4.32. The summed E-state index contributed by atoms with van der Waals surface area (Å²) < 4.78 is 0. The number of hydrogen-bond donors (Lipinski definition) is 4. The molecule has 2 aliphatic rings. The molecule has 3 amide bonds. The zero-order chi connectivity index (χ0) is 24.6. The minimum atomic E-state index is -0.132. The third-order valence-corrected chi connectivity index (χ3v) is 7.02. The van der Waals surface area contributed by atoms with Gasteiger partial charge in [0.1, 0.15) is 0 Å². The molecular formula is C25H48N6O2. The van der Waals surface area contributed by atoms with Gasteiger partial charge in [0.15, 0.2) is 0 Å². The minimum Gasteiger partial charge on any atom is -0.341 e. The van der Waals surface area contributed by atoms with Crippen LogP contribution in [-0.4, -0.2) is 79.1 Å². The summed E-state index contributed by atoms with van der Waals surface area (Å²) in [7, 11) is 0. The molecule has 8 nitrogen and oxygen atoms in total. The number of nitrogens with one attached hydrogen (secondary N) is 4. The number of carbonyl (C=O) groups is 2. The molecule has 1 unspecified atom stereocenters. The summed E-state index contributed by atoms with van der Waals surface area (Å²) in [5.74, 6) is 0.258. The van der Waals surface area contributed by atoms with Gasteiger partial charge in [0.05, 0.1) is 0 Å². The lowest BCUT2D eigenvalue weighted by Gasteiger charge is -2.42. The predicted molar refractivity (Wildman–Crippen MR) is 135 cm³/mol. The first kappa shape index (κ1) is 27.6. The Kier molecular flexibility index (Phi) is 10.2. The van der Waals surface area contributed by atoms with E-state index in [0.29, 0.717) is 19.5 Å². The summed E-state index contributed by atoms with van der Waals surface area (Å²) in [6.07, 6.45) is 5.61. The quantitative estimate of drug-likeness (QED) is 0.263. The van der Waals surface area contributed by atoms with Crippen LogP contribution in [-0.2, 0) is 4.79 Å². The normalized spacial score (nSPS) is 20.9. The molecule has 3 atom stereocenters. The van der Waals surface area contributed by atoms with E-state index in [0.717, 1.165) is 45.4 Å². The first-order chi connectivity index (χ1) is 15.4. The molecule has 2 saturated heterocycles. The number of hydrogen-bond acceptors (Lipinski definition) is 5. The highest BCUT2D eigenvalue weighted by atomic mass is 16.2. The highest BCUT2D eigenvalue weighted by molar-refractivity contribution is 5.76. The number of hydrazine groups is 1. The summed E-state index contributed by atoms with van der Waals surface area (Å²) in [6.45, 7) is 21.5. The Morgan fingerprint density at radius 3 is 2.30 bits per heavy atom. The Balaban J connectivity index is 2.01. The van der Waals surface area contributed by atoms with E-state index in [-0.39, 0.29) is 40.9 Å². The van der Waals surface area contributed by atoms with Gasteiger partial charge in [-0.25, -0.2) is 4.79 Å². The molecule has 0 aromatic carbocycles. The third kappa shape index (κ3) is 8.58. The lowest BCUT2D eigenvalue weighted by atomic mass is 9.83. The van der Waals surface area contributed by atoms with Crippen molar-refractivity contribution in [2.45, 2.75) is 85.4 Å². The lowest BCUT2D eigenvalue weighted by molar-refractivity contribution is -0.134. The zero-order valence-corrected chi connectivity index (χ0v) is 21.8. The van der Waals surface area contributed by atoms with E-state index in [2.05, 4.69) is 69.6 Å². The minimum absolute atomic E-state index is 0.0199. The summed E-state index contributed by atoms with van der Waals surface area (Å²) in [5.41, 5.74) is 6.84. The van der Waals surface area contributed by atoms with Crippen LogP contribution in [0, 0.1) is 10.8 Å². The zero-order valence-electron chi connectivity index (χ0n) is 21.8. The molecule has 0 spiro atoms. The van der Waals surface area contributed by atoms with Crippen molar-refractivity contribution < 1.29 is 9.59 Å². The van der Waals surface area contributed by atoms with E-state index in [4.69, 9.17) is 0 Å². The Bertz CT molecular complexity index is 660. The predicted octanol–water partition coefficient (Wildman–Crippen LogP) is 2.48. The number of urea groups is 1. The third-order valence-electron chi connectivity index (χ3n) is 7.02. The second-order valence-corrected chi connectivity index (χ2v) is 11.5. The SMILES string of the molecule is C=CC(C)N[C@H](CN1CCCCC1=O)C(C)(C)CNN[C@H](CN1CCCNC1=O)C(C)(C)C. The van der Waals surface area contributed by atoms with Crippen molar-refractivity contribution in [3.8, 4) is 0 Å². The molecule has 2 rings (SSSR count). The van der Waals surface area contributed by atoms with Crippen LogP contribution in [0.25, 0.3) is 0 Å². The van der Waals surface area contributed by atoms with Crippen molar-refractivity contribution in [2.75, 3.05) is 39.3 Å². The number of likely N-dealkylation sites (tertiary alicyclic amines) is 1. The van der Waals surface area contributed by atoms with Gasteiger partial charge in [-0.3, -0.25) is 15.6 Å². The van der Waals surface area contributed by atoms with Gasteiger partial charge in [-0.2, -0.15) is 0 Å². The molecule has 33 heavy (non-hydrogen) atoms. The Morgan fingerprint density at radius 1 is 1.03 bits per heavy atom. The van der Waals surface area contributed by atoms with Gasteiger partial charge in [0, 0.05) is 63.8 Å². The van der Waals surface area contributed by atoms with Gasteiger partial charge in [-0.15, -0.1) is 6.58 Å². The number of rotatable bonds is 12. The summed E-state index contributed by atoms with van der Waals surface area (Å²) in [5, 5.41) is 6.61. The van der Waals surface area contributed by atoms with Crippen LogP contribution in [0.1, 0.15) is 67.2 Å². The van der Waals surface area contributed by atoms with Crippen molar-refractivity contribution in [2.24, 2.45) is 10.8 Å². The molecule has 4 N–H and O–H groups in total. The average molecular weight is 465 g/mol. The van der Waals surface area contributed by atoms with Gasteiger partial charge in [-0.1, -0.05) is 40.7 Å². The van der Waals surface area contributed by atoms with Gasteiger partial charge in [0.25, 0.3) is 0 Å². The molecule has 0 bridgehead atoms. The molecule has 0 aromatic heterocycles. The van der Waals surface area contributed by atoms with Crippen molar-refractivity contribution in [1.82, 2.24) is 31.3 Å². The molecule has 0 aliphatic carbocycles. The first-order valence-electron chi connectivity index (χ1n) is 12.6. The highest BCUT2D eigenvalue weighted by Gasteiger charge is 2.34. The second kappa shape index (κ2) is 12.2. The van der Waals surface area contributed by atoms with E-state index in [1.807, 2.05) is 15.9 Å². The van der Waals surface area contributed by atoms with Crippen LogP contribution in [0.15, 0.2) is 12.7 Å². The molecule has 8 heteroatoms. The monoisotopic (exact) mass is 464 g/mol. The van der Waals surface area contributed by atoms with E-state index < -0.39 is 0 Å². The van der Waals surface area contributed by atoms with Gasteiger partial charge >= 0.3 is 6.03 Å². The van der Waals surface area contributed by atoms with Crippen molar-refractivity contribution in [3.63, 3.8) is 0 Å². The van der Waals surface area contributed by atoms with E-state index >= 15 is 0 Å². The summed E-state index contributed by atoms with van der Waals surface area (Å²) in [6, 6.07) is 0.385. The molecule has 0 aromatic rings. The molecule has 2 heterocycles. The fourth-order valence-electron chi connectivity index (χ4n) is 4.32. The molecule has 2 fully saturated rings. The topological polar surface area (TPSA) is 88.7 Å². The molecule has 2 aliphatic heterocycles. The van der Waals surface area contributed by atoms with Crippen molar-refractivity contribution >= 4 is 11.9 Å². The Labute approximate surface area is 201 Å². The van der Waals surface area contributed by atoms with Crippen LogP contribution < -0.4 is 21.5 Å². The Hall–Kier alpha value is -1.64. The summed E-state index contributed by atoms with van der Waals surface area (Å²) in [4.78, 5) is 28.6. The number of nitrogens with zero attached hydrogens (tertiary/aromatic N) is 2. The summed E-state index contributed by atoms with van der Waals surface area (Å²) >= 11 is 0. The van der Waals surface area contributed by atoms with Gasteiger partial charge < -0.3 is 20.4 Å². The maximum atomic E-state index is 12.5. The smallest absolute Gasteiger partial charge is 0.317 e.